The monoisotopic (exact) mass is 239 g/mol. The summed E-state index contributed by atoms with van der Waals surface area (Å²) in [6.07, 6.45) is 0. The first-order chi connectivity index (χ1) is 7.50. The Labute approximate surface area is 102 Å². The molecule has 0 bridgehead atoms. The summed E-state index contributed by atoms with van der Waals surface area (Å²) in [7, 11) is 1.95. The zero-order valence-corrected chi connectivity index (χ0v) is 10.8. The average molecular weight is 240 g/mol. The van der Waals surface area contributed by atoms with Gasteiger partial charge in [-0.05, 0) is 25.1 Å². The number of hydrogen-bond acceptors (Lipinski definition) is 2. The summed E-state index contributed by atoms with van der Waals surface area (Å²) in [4.78, 5) is 14.0. The van der Waals surface area contributed by atoms with Crippen LogP contribution in [0.2, 0.25) is 5.02 Å². The highest BCUT2D eigenvalue weighted by Gasteiger charge is 2.12. The maximum Gasteiger partial charge on any atom is 0.178 e. The number of ketones is 1. The van der Waals surface area contributed by atoms with Gasteiger partial charge in [0, 0.05) is 12.1 Å². The van der Waals surface area contributed by atoms with Crippen molar-refractivity contribution >= 4 is 17.4 Å². The molecule has 3 heteroatoms. The molecule has 0 fully saturated rings. The standard InChI is InChI=1S/C13H18ClNO/c1-10(2)8-15(3)9-13(16)11-6-4-5-7-12(11)14/h4-7,10H,8-9H2,1-3H3. The van der Waals surface area contributed by atoms with Crippen LogP contribution in [0.1, 0.15) is 24.2 Å². The van der Waals surface area contributed by atoms with Crippen LogP contribution in [-0.4, -0.2) is 30.8 Å². The minimum atomic E-state index is 0.0775. The molecule has 0 N–H and O–H groups in total. The van der Waals surface area contributed by atoms with Crippen molar-refractivity contribution in [1.29, 1.82) is 0 Å². The number of nitrogens with zero attached hydrogens (tertiary/aromatic N) is 1. The minimum Gasteiger partial charge on any atom is -0.299 e. The molecule has 0 aromatic heterocycles. The fourth-order valence-electron chi connectivity index (χ4n) is 1.71. The predicted octanol–water partition coefficient (Wildman–Crippen LogP) is 3.11. The number of rotatable bonds is 5. The summed E-state index contributed by atoms with van der Waals surface area (Å²) >= 11 is 5.97. The number of Topliss-reactive ketones (excluding diaryl/α,β-unsaturated/α-hetero) is 1. The van der Waals surface area contributed by atoms with E-state index in [9.17, 15) is 4.79 Å². The van der Waals surface area contributed by atoms with E-state index in [0.29, 0.717) is 23.0 Å². The second kappa shape index (κ2) is 6.02. The maximum atomic E-state index is 11.9. The van der Waals surface area contributed by atoms with Gasteiger partial charge in [0.2, 0.25) is 0 Å². The van der Waals surface area contributed by atoms with Crippen LogP contribution in [0, 0.1) is 5.92 Å². The first-order valence-electron chi connectivity index (χ1n) is 5.47. The van der Waals surface area contributed by atoms with Crippen molar-refractivity contribution in [2.24, 2.45) is 5.92 Å². The largest absolute Gasteiger partial charge is 0.299 e. The lowest BCUT2D eigenvalue weighted by Crippen LogP contribution is -2.29. The van der Waals surface area contributed by atoms with Crippen LogP contribution in [0.4, 0.5) is 0 Å². The molecule has 0 radical (unpaired) electrons. The zero-order valence-electron chi connectivity index (χ0n) is 10.0. The molecule has 1 aromatic rings. The highest BCUT2D eigenvalue weighted by atomic mass is 35.5. The lowest BCUT2D eigenvalue weighted by molar-refractivity contribution is 0.0941. The van der Waals surface area contributed by atoms with Gasteiger partial charge in [0.15, 0.2) is 5.78 Å². The summed E-state index contributed by atoms with van der Waals surface area (Å²) in [5, 5.41) is 0.533. The van der Waals surface area contributed by atoms with E-state index in [-0.39, 0.29) is 5.78 Å². The molecule has 1 aromatic carbocycles. The Balaban J connectivity index is 2.63. The average Bonchev–Trinajstić information content (AvgIpc) is 2.16. The third-order valence-electron chi connectivity index (χ3n) is 2.26. The summed E-state index contributed by atoms with van der Waals surface area (Å²) < 4.78 is 0. The number of halogens is 1. The molecule has 0 aliphatic carbocycles. The zero-order chi connectivity index (χ0) is 12.1. The van der Waals surface area contributed by atoms with Crippen LogP contribution in [0.25, 0.3) is 0 Å². The molecular weight excluding hydrogens is 222 g/mol. The molecule has 0 heterocycles. The van der Waals surface area contributed by atoms with Gasteiger partial charge in [0.05, 0.1) is 11.6 Å². The summed E-state index contributed by atoms with van der Waals surface area (Å²) in [5.74, 6) is 0.637. The van der Waals surface area contributed by atoms with Crippen LogP contribution in [0.5, 0.6) is 0 Å². The molecule has 88 valence electrons. The molecule has 0 unspecified atom stereocenters. The van der Waals surface area contributed by atoms with E-state index in [4.69, 9.17) is 11.6 Å². The van der Waals surface area contributed by atoms with Crippen LogP contribution >= 0.6 is 11.6 Å². The Morgan fingerprint density at radius 1 is 1.38 bits per heavy atom. The van der Waals surface area contributed by atoms with Crippen molar-refractivity contribution in [2.75, 3.05) is 20.1 Å². The second-order valence-electron chi connectivity index (χ2n) is 4.49. The van der Waals surface area contributed by atoms with E-state index in [1.165, 1.54) is 0 Å². The molecule has 2 nitrogen and oxygen atoms in total. The first-order valence-corrected chi connectivity index (χ1v) is 5.84. The third-order valence-corrected chi connectivity index (χ3v) is 2.59. The van der Waals surface area contributed by atoms with Crippen LogP contribution in [-0.2, 0) is 0 Å². The molecule has 0 aliphatic heterocycles. The van der Waals surface area contributed by atoms with E-state index >= 15 is 0 Å². The molecule has 0 saturated carbocycles. The molecule has 0 atom stereocenters. The molecule has 0 spiro atoms. The van der Waals surface area contributed by atoms with Crippen LogP contribution in [0.3, 0.4) is 0 Å². The van der Waals surface area contributed by atoms with Crippen molar-refractivity contribution in [3.8, 4) is 0 Å². The quantitative estimate of drug-likeness (QED) is 0.736. The number of benzene rings is 1. The molecular formula is C13H18ClNO. The Bertz CT molecular complexity index is 363. The normalized spacial score (nSPS) is 11.1. The summed E-state index contributed by atoms with van der Waals surface area (Å²) in [6.45, 7) is 5.60. The lowest BCUT2D eigenvalue weighted by Gasteiger charge is -2.18. The topological polar surface area (TPSA) is 20.3 Å². The summed E-state index contributed by atoms with van der Waals surface area (Å²) in [6, 6.07) is 7.18. The van der Waals surface area contributed by atoms with Gasteiger partial charge in [-0.15, -0.1) is 0 Å². The van der Waals surface area contributed by atoms with Crippen molar-refractivity contribution in [1.82, 2.24) is 4.90 Å². The molecule has 16 heavy (non-hydrogen) atoms. The predicted molar refractivity (Wildman–Crippen MR) is 68.1 cm³/mol. The molecule has 0 saturated heterocycles. The van der Waals surface area contributed by atoms with Gasteiger partial charge < -0.3 is 0 Å². The Morgan fingerprint density at radius 2 is 2.00 bits per heavy atom. The van der Waals surface area contributed by atoms with Crippen molar-refractivity contribution in [3.05, 3.63) is 34.9 Å². The number of carbonyl (C=O) groups is 1. The number of hydrogen-bond donors (Lipinski definition) is 0. The molecule has 1 rings (SSSR count). The highest BCUT2D eigenvalue weighted by molar-refractivity contribution is 6.34. The summed E-state index contributed by atoms with van der Waals surface area (Å²) in [5.41, 5.74) is 0.611. The van der Waals surface area contributed by atoms with E-state index in [0.717, 1.165) is 6.54 Å². The van der Waals surface area contributed by atoms with Crippen molar-refractivity contribution in [2.45, 2.75) is 13.8 Å². The van der Waals surface area contributed by atoms with E-state index < -0.39 is 0 Å². The minimum absolute atomic E-state index is 0.0775. The molecule has 0 amide bonds. The number of carbonyl (C=O) groups excluding carboxylic acids is 1. The SMILES string of the molecule is CC(C)CN(C)CC(=O)c1ccccc1Cl. The second-order valence-corrected chi connectivity index (χ2v) is 4.90. The van der Waals surface area contributed by atoms with Gasteiger partial charge in [-0.25, -0.2) is 0 Å². The van der Waals surface area contributed by atoms with Gasteiger partial charge in [-0.1, -0.05) is 37.6 Å². The van der Waals surface area contributed by atoms with Crippen LogP contribution in [0.15, 0.2) is 24.3 Å². The van der Waals surface area contributed by atoms with Gasteiger partial charge in [-0.3, -0.25) is 9.69 Å². The van der Waals surface area contributed by atoms with Gasteiger partial charge in [-0.2, -0.15) is 0 Å². The van der Waals surface area contributed by atoms with E-state index in [1.807, 2.05) is 24.1 Å². The van der Waals surface area contributed by atoms with E-state index in [2.05, 4.69) is 13.8 Å². The Morgan fingerprint density at radius 3 is 2.56 bits per heavy atom. The number of likely N-dealkylation sites (N-methyl/N-ethyl adjacent to an activating group) is 1. The smallest absolute Gasteiger partial charge is 0.178 e. The molecule has 0 aliphatic rings. The van der Waals surface area contributed by atoms with Crippen molar-refractivity contribution < 1.29 is 4.79 Å². The Hall–Kier alpha value is -0.860. The van der Waals surface area contributed by atoms with Crippen LogP contribution < -0.4 is 0 Å². The fraction of sp³-hybridized carbons (Fsp3) is 0.462. The van der Waals surface area contributed by atoms with Gasteiger partial charge >= 0.3 is 0 Å². The van der Waals surface area contributed by atoms with Gasteiger partial charge in [0.1, 0.15) is 0 Å². The maximum absolute atomic E-state index is 11.9. The fourth-order valence-corrected chi connectivity index (χ4v) is 1.95. The van der Waals surface area contributed by atoms with Crippen molar-refractivity contribution in [3.63, 3.8) is 0 Å². The first kappa shape index (κ1) is 13.2. The van der Waals surface area contributed by atoms with E-state index in [1.54, 1.807) is 12.1 Å². The third kappa shape index (κ3) is 3.95. The van der Waals surface area contributed by atoms with Gasteiger partial charge in [0.25, 0.3) is 0 Å². The Kier molecular flexibility index (Phi) is 4.97. The lowest BCUT2D eigenvalue weighted by atomic mass is 10.1. The highest BCUT2D eigenvalue weighted by Crippen LogP contribution is 2.15.